The molecular formula is C13H16ClNO4. The first-order valence-corrected chi connectivity index (χ1v) is 6.04. The van der Waals surface area contributed by atoms with Gasteiger partial charge in [0.1, 0.15) is 0 Å². The quantitative estimate of drug-likeness (QED) is 0.652. The van der Waals surface area contributed by atoms with Gasteiger partial charge in [0.25, 0.3) is 0 Å². The van der Waals surface area contributed by atoms with Crippen LogP contribution in [0.3, 0.4) is 0 Å². The Morgan fingerprint density at radius 3 is 2.00 bits per heavy atom. The average Bonchev–Trinajstić information content (AvgIpc) is 2.44. The molecule has 1 aromatic carbocycles. The SMILES string of the molecule is COC(=O)C(C(=O)OC)[C@@H](CN)c1ccc(Cl)cc1. The second-order valence-electron chi connectivity index (χ2n) is 3.92. The van der Waals surface area contributed by atoms with E-state index < -0.39 is 23.8 Å². The molecular weight excluding hydrogens is 270 g/mol. The summed E-state index contributed by atoms with van der Waals surface area (Å²) in [5.41, 5.74) is 6.41. The molecule has 0 bridgehead atoms. The van der Waals surface area contributed by atoms with Crippen LogP contribution in [0.1, 0.15) is 11.5 Å². The van der Waals surface area contributed by atoms with Crippen molar-refractivity contribution >= 4 is 23.5 Å². The van der Waals surface area contributed by atoms with Crippen LogP contribution in [0.4, 0.5) is 0 Å². The molecule has 104 valence electrons. The van der Waals surface area contributed by atoms with Crippen molar-refractivity contribution in [3.05, 3.63) is 34.9 Å². The summed E-state index contributed by atoms with van der Waals surface area (Å²) >= 11 is 5.80. The molecule has 0 saturated heterocycles. The van der Waals surface area contributed by atoms with Gasteiger partial charge in [-0.05, 0) is 17.7 Å². The van der Waals surface area contributed by atoms with E-state index in [1.54, 1.807) is 24.3 Å². The molecule has 0 unspecified atom stereocenters. The molecule has 0 aliphatic rings. The van der Waals surface area contributed by atoms with Gasteiger partial charge in [-0.2, -0.15) is 0 Å². The first-order chi connectivity index (χ1) is 9.04. The summed E-state index contributed by atoms with van der Waals surface area (Å²) in [6.07, 6.45) is 0. The average molecular weight is 286 g/mol. The van der Waals surface area contributed by atoms with Crippen molar-refractivity contribution in [2.24, 2.45) is 11.7 Å². The van der Waals surface area contributed by atoms with E-state index >= 15 is 0 Å². The van der Waals surface area contributed by atoms with E-state index in [-0.39, 0.29) is 6.54 Å². The molecule has 0 aromatic heterocycles. The van der Waals surface area contributed by atoms with Crippen molar-refractivity contribution in [2.45, 2.75) is 5.92 Å². The zero-order chi connectivity index (χ0) is 14.4. The van der Waals surface area contributed by atoms with E-state index in [9.17, 15) is 9.59 Å². The summed E-state index contributed by atoms with van der Waals surface area (Å²) in [6, 6.07) is 6.79. The van der Waals surface area contributed by atoms with Gasteiger partial charge in [0.05, 0.1) is 14.2 Å². The third kappa shape index (κ3) is 3.68. The summed E-state index contributed by atoms with van der Waals surface area (Å²) in [5, 5.41) is 0.562. The van der Waals surface area contributed by atoms with Crippen molar-refractivity contribution in [2.75, 3.05) is 20.8 Å². The standard InChI is InChI=1S/C13H16ClNO4/c1-18-12(16)11(13(17)19-2)10(7-15)8-3-5-9(14)6-4-8/h3-6,10-11H,7,15H2,1-2H3/t10-/m0/s1. The fourth-order valence-electron chi connectivity index (χ4n) is 1.85. The number of hydrogen-bond donors (Lipinski definition) is 1. The molecule has 0 aliphatic heterocycles. The minimum absolute atomic E-state index is 0.108. The highest BCUT2D eigenvalue weighted by atomic mass is 35.5. The number of hydrogen-bond acceptors (Lipinski definition) is 5. The molecule has 2 N–H and O–H groups in total. The van der Waals surface area contributed by atoms with Crippen molar-refractivity contribution in [1.29, 1.82) is 0 Å². The lowest BCUT2D eigenvalue weighted by Gasteiger charge is -2.22. The van der Waals surface area contributed by atoms with Crippen LogP contribution in [-0.2, 0) is 19.1 Å². The van der Waals surface area contributed by atoms with Crippen LogP contribution in [0, 0.1) is 5.92 Å². The molecule has 5 nitrogen and oxygen atoms in total. The highest BCUT2D eigenvalue weighted by molar-refractivity contribution is 6.30. The van der Waals surface area contributed by atoms with E-state index in [0.29, 0.717) is 5.02 Å². The molecule has 1 atom stereocenters. The van der Waals surface area contributed by atoms with Gasteiger partial charge in [0.15, 0.2) is 5.92 Å². The number of halogens is 1. The summed E-state index contributed by atoms with van der Waals surface area (Å²) in [5.74, 6) is -2.94. The fourth-order valence-corrected chi connectivity index (χ4v) is 1.98. The second-order valence-corrected chi connectivity index (χ2v) is 4.35. The summed E-state index contributed by atoms with van der Waals surface area (Å²) in [4.78, 5) is 23.5. The van der Waals surface area contributed by atoms with Crippen LogP contribution in [0.15, 0.2) is 24.3 Å². The molecule has 0 aliphatic carbocycles. The molecule has 0 spiro atoms. The molecule has 0 amide bonds. The third-order valence-corrected chi connectivity index (χ3v) is 3.12. The number of carbonyl (C=O) groups is 2. The number of carbonyl (C=O) groups excluding carboxylic acids is 2. The van der Waals surface area contributed by atoms with Crippen LogP contribution in [0.5, 0.6) is 0 Å². The number of rotatable bonds is 5. The van der Waals surface area contributed by atoms with Crippen molar-refractivity contribution in [3.63, 3.8) is 0 Å². The Morgan fingerprint density at radius 1 is 1.16 bits per heavy atom. The molecule has 0 radical (unpaired) electrons. The molecule has 1 rings (SSSR count). The largest absolute Gasteiger partial charge is 0.468 e. The van der Waals surface area contributed by atoms with Gasteiger partial charge in [-0.1, -0.05) is 23.7 Å². The van der Waals surface area contributed by atoms with Crippen LogP contribution in [0.25, 0.3) is 0 Å². The number of benzene rings is 1. The first kappa shape index (κ1) is 15.5. The zero-order valence-corrected chi connectivity index (χ0v) is 11.5. The Balaban J connectivity index is 3.12. The Kier molecular flexibility index (Phi) is 5.79. The molecule has 6 heteroatoms. The Bertz CT molecular complexity index is 430. The number of ether oxygens (including phenoxy) is 2. The second kappa shape index (κ2) is 7.11. The van der Waals surface area contributed by atoms with Gasteiger partial charge in [0.2, 0.25) is 0 Å². The fraction of sp³-hybridized carbons (Fsp3) is 0.385. The normalized spacial score (nSPS) is 12.1. The Hall–Kier alpha value is -1.59. The monoisotopic (exact) mass is 285 g/mol. The zero-order valence-electron chi connectivity index (χ0n) is 10.8. The number of methoxy groups -OCH3 is 2. The maximum absolute atomic E-state index is 11.7. The topological polar surface area (TPSA) is 78.6 Å². The van der Waals surface area contributed by atoms with Gasteiger partial charge in [-0.15, -0.1) is 0 Å². The van der Waals surface area contributed by atoms with Crippen molar-refractivity contribution in [3.8, 4) is 0 Å². The van der Waals surface area contributed by atoms with E-state index in [0.717, 1.165) is 5.56 Å². The van der Waals surface area contributed by atoms with Crippen LogP contribution in [-0.4, -0.2) is 32.7 Å². The third-order valence-electron chi connectivity index (χ3n) is 2.86. The van der Waals surface area contributed by atoms with Gasteiger partial charge in [-0.3, -0.25) is 9.59 Å². The smallest absolute Gasteiger partial charge is 0.320 e. The highest BCUT2D eigenvalue weighted by Gasteiger charge is 2.37. The van der Waals surface area contributed by atoms with Crippen molar-refractivity contribution < 1.29 is 19.1 Å². The van der Waals surface area contributed by atoms with Gasteiger partial charge in [0, 0.05) is 17.5 Å². The van der Waals surface area contributed by atoms with E-state index in [4.69, 9.17) is 17.3 Å². The molecule has 19 heavy (non-hydrogen) atoms. The summed E-state index contributed by atoms with van der Waals surface area (Å²) < 4.78 is 9.28. The van der Waals surface area contributed by atoms with Crippen molar-refractivity contribution in [1.82, 2.24) is 0 Å². The first-order valence-electron chi connectivity index (χ1n) is 5.66. The Morgan fingerprint density at radius 2 is 1.63 bits per heavy atom. The molecule has 0 fully saturated rings. The minimum Gasteiger partial charge on any atom is -0.468 e. The van der Waals surface area contributed by atoms with Gasteiger partial charge in [-0.25, -0.2) is 0 Å². The predicted octanol–water partition coefficient (Wildman–Crippen LogP) is 1.34. The molecule has 0 heterocycles. The molecule has 0 saturated carbocycles. The lowest BCUT2D eigenvalue weighted by atomic mass is 9.86. The van der Waals surface area contributed by atoms with Crippen LogP contribution in [0.2, 0.25) is 5.02 Å². The van der Waals surface area contributed by atoms with Gasteiger partial charge >= 0.3 is 11.9 Å². The molecule has 1 aromatic rings. The lowest BCUT2D eigenvalue weighted by Crippen LogP contribution is -2.35. The minimum atomic E-state index is -1.08. The Labute approximate surface area is 116 Å². The number of nitrogens with two attached hydrogens (primary N) is 1. The van der Waals surface area contributed by atoms with E-state index in [1.807, 2.05) is 0 Å². The predicted molar refractivity (Wildman–Crippen MR) is 70.8 cm³/mol. The van der Waals surface area contributed by atoms with E-state index in [2.05, 4.69) is 9.47 Å². The van der Waals surface area contributed by atoms with Crippen LogP contribution < -0.4 is 5.73 Å². The lowest BCUT2D eigenvalue weighted by molar-refractivity contribution is -0.159. The number of esters is 2. The van der Waals surface area contributed by atoms with E-state index in [1.165, 1.54) is 14.2 Å². The van der Waals surface area contributed by atoms with Crippen LogP contribution >= 0.6 is 11.6 Å². The highest BCUT2D eigenvalue weighted by Crippen LogP contribution is 2.27. The summed E-state index contributed by atoms with van der Waals surface area (Å²) in [7, 11) is 2.43. The maximum atomic E-state index is 11.7. The maximum Gasteiger partial charge on any atom is 0.320 e. The van der Waals surface area contributed by atoms with Gasteiger partial charge < -0.3 is 15.2 Å². The summed E-state index contributed by atoms with van der Waals surface area (Å²) in [6.45, 7) is 0.108.